The molecule has 2 heterocycles. The van der Waals surface area contributed by atoms with Crippen molar-refractivity contribution < 1.29 is 24.5 Å². The molecule has 3 N–H and O–H groups in total. The number of nitrogens with zero attached hydrogens (tertiary/aromatic N) is 1. The van der Waals surface area contributed by atoms with E-state index in [4.69, 9.17) is 9.84 Å². The average Bonchev–Trinajstić information content (AvgIpc) is 2.58. The number of hydrogen-bond acceptors (Lipinski definition) is 5. The zero-order chi connectivity index (χ0) is 13.5. The van der Waals surface area contributed by atoms with Gasteiger partial charge in [0.1, 0.15) is 12.3 Å². The van der Waals surface area contributed by atoms with Gasteiger partial charge in [0.25, 0.3) is 0 Å². The molecule has 7 nitrogen and oxygen atoms in total. The molecule has 2 aliphatic rings. The van der Waals surface area contributed by atoms with E-state index >= 15 is 0 Å². The maximum absolute atomic E-state index is 11.7. The molecule has 2 rings (SSSR count). The van der Waals surface area contributed by atoms with Crippen molar-refractivity contribution in [3.05, 3.63) is 0 Å². The highest BCUT2D eigenvalue weighted by molar-refractivity contribution is 5.97. The highest BCUT2D eigenvalue weighted by Gasteiger charge is 2.48. The SMILES string of the molecule is CC1CN([C@H]2C[C@@](C)(O)[C@@H](CO)O2)C(=O)NC1=O. The molecular formula is C11H18N2O5. The van der Waals surface area contributed by atoms with Crippen LogP contribution < -0.4 is 5.32 Å². The van der Waals surface area contributed by atoms with Gasteiger partial charge in [0.05, 0.1) is 18.1 Å². The van der Waals surface area contributed by atoms with E-state index in [9.17, 15) is 14.7 Å². The number of carbonyl (C=O) groups excluding carboxylic acids is 2. The topological polar surface area (TPSA) is 99.1 Å². The van der Waals surface area contributed by atoms with Crippen molar-refractivity contribution in [2.75, 3.05) is 13.2 Å². The number of ether oxygens (including phenoxy) is 1. The van der Waals surface area contributed by atoms with Gasteiger partial charge < -0.3 is 14.9 Å². The van der Waals surface area contributed by atoms with Crippen molar-refractivity contribution in [3.8, 4) is 0 Å². The average molecular weight is 258 g/mol. The van der Waals surface area contributed by atoms with Gasteiger partial charge >= 0.3 is 6.03 Å². The molecule has 3 amide bonds. The van der Waals surface area contributed by atoms with Gasteiger partial charge in [0.2, 0.25) is 5.91 Å². The third-order valence-corrected chi connectivity index (χ3v) is 3.53. The largest absolute Gasteiger partial charge is 0.394 e. The maximum Gasteiger partial charge on any atom is 0.326 e. The summed E-state index contributed by atoms with van der Waals surface area (Å²) in [6.07, 6.45) is -1.12. The van der Waals surface area contributed by atoms with E-state index in [-0.39, 0.29) is 31.4 Å². The van der Waals surface area contributed by atoms with Crippen LogP contribution in [0.25, 0.3) is 0 Å². The number of imide groups is 1. The van der Waals surface area contributed by atoms with Gasteiger partial charge in [-0.3, -0.25) is 15.0 Å². The van der Waals surface area contributed by atoms with Gasteiger partial charge in [-0.1, -0.05) is 6.92 Å². The van der Waals surface area contributed by atoms with Crippen LogP contribution in [-0.2, 0) is 9.53 Å². The highest BCUT2D eigenvalue weighted by Crippen LogP contribution is 2.32. The first-order valence-electron chi connectivity index (χ1n) is 5.95. The Morgan fingerprint density at radius 2 is 2.22 bits per heavy atom. The quantitative estimate of drug-likeness (QED) is 0.592. The van der Waals surface area contributed by atoms with Gasteiger partial charge in [-0.25, -0.2) is 4.79 Å². The number of aliphatic hydroxyl groups excluding tert-OH is 1. The van der Waals surface area contributed by atoms with Crippen LogP contribution in [0.5, 0.6) is 0 Å². The Kier molecular flexibility index (Phi) is 3.31. The van der Waals surface area contributed by atoms with Gasteiger partial charge in [-0.05, 0) is 6.92 Å². The Bertz CT molecular complexity index is 370. The Morgan fingerprint density at radius 3 is 2.78 bits per heavy atom. The first kappa shape index (κ1) is 13.3. The minimum Gasteiger partial charge on any atom is -0.394 e. The lowest BCUT2D eigenvalue weighted by molar-refractivity contribution is -0.129. The number of urea groups is 1. The number of nitrogens with one attached hydrogen (secondary N) is 1. The van der Waals surface area contributed by atoms with E-state index in [0.717, 1.165) is 0 Å². The minimum atomic E-state index is -1.18. The van der Waals surface area contributed by atoms with E-state index in [1.54, 1.807) is 13.8 Å². The molecule has 0 saturated carbocycles. The maximum atomic E-state index is 11.7. The minimum absolute atomic E-state index is 0.215. The fourth-order valence-corrected chi connectivity index (χ4v) is 2.30. The molecule has 4 atom stereocenters. The lowest BCUT2D eigenvalue weighted by Gasteiger charge is -2.34. The predicted molar refractivity (Wildman–Crippen MR) is 60.4 cm³/mol. The van der Waals surface area contributed by atoms with Crippen LogP contribution in [0.4, 0.5) is 4.79 Å². The smallest absolute Gasteiger partial charge is 0.326 e. The van der Waals surface area contributed by atoms with E-state index in [1.807, 2.05) is 0 Å². The van der Waals surface area contributed by atoms with Crippen molar-refractivity contribution in [1.29, 1.82) is 0 Å². The van der Waals surface area contributed by atoms with E-state index < -0.39 is 24.0 Å². The fraction of sp³-hybridized carbons (Fsp3) is 0.818. The van der Waals surface area contributed by atoms with E-state index in [0.29, 0.717) is 0 Å². The molecule has 0 aromatic heterocycles. The summed E-state index contributed by atoms with van der Waals surface area (Å²) >= 11 is 0. The van der Waals surface area contributed by atoms with Crippen molar-refractivity contribution >= 4 is 11.9 Å². The van der Waals surface area contributed by atoms with E-state index in [2.05, 4.69) is 5.32 Å². The molecule has 0 aromatic rings. The lowest BCUT2D eigenvalue weighted by atomic mass is 9.97. The highest BCUT2D eigenvalue weighted by atomic mass is 16.5. The predicted octanol–water partition coefficient (Wildman–Crippen LogP) is -0.967. The molecule has 1 unspecified atom stereocenters. The molecule has 2 fully saturated rings. The second-order valence-corrected chi connectivity index (χ2v) is 5.17. The molecule has 102 valence electrons. The molecule has 2 saturated heterocycles. The molecule has 0 aromatic carbocycles. The third-order valence-electron chi connectivity index (χ3n) is 3.53. The Labute approximate surface area is 105 Å². The Balaban J connectivity index is 2.09. The monoisotopic (exact) mass is 258 g/mol. The Morgan fingerprint density at radius 1 is 1.56 bits per heavy atom. The van der Waals surface area contributed by atoms with Crippen LogP contribution in [-0.4, -0.2) is 58.1 Å². The fourth-order valence-electron chi connectivity index (χ4n) is 2.30. The molecule has 0 radical (unpaired) electrons. The summed E-state index contributed by atoms with van der Waals surface area (Å²) in [6.45, 7) is 3.21. The zero-order valence-corrected chi connectivity index (χ0v) is 10.4. The lowest BCUT2D eigenvalue weighted by Crippen LogP contribution is -2.57. The standard InChI is InChI=1S/C11H18N2O5/c1-6-4-13(10(16)12-9(6)15)8-3-11(2,17)7(5-14)18-8/h6-8,14,17H,3-5H2,1-2H3,(H,12,15,16)/t6?,7-,8-,11-/m1/s1. The summed E-state index contributed by atoms with van der Waals surface area (Å²) in [7, 11) is 0. The summed E-state index contributed by atoms with van der Waals surface area (Å²) in [5.74, 6) is -0.621. The van der Waals surface area contributed by atoms with Crippen molar-refractivity contribution in [3.63, 3.8) is 0 Å². The Hall–Kier alpha value is -1.18. The molecule has 0 aliphatic carbocycles. The van der Waals surface area contributed by atoms with Crippen LogP contribution in [0.2, 0.25) is 0 Å². The molecule has 2 aliphatic heterocycles. The van der Waals surface area contributed by atoms with Crippen LogP contribution in [0.15, 0.2) is 0 Å². The van der Waals surface area contributed by atoms with Gasteiger partial charge in [0, 0.05) is 13.0 Å². The van der Waals surface area contributed by atoms with Crippen molar-refractivity contribution in [2.45, 2.75) is 38.2 Å². The van der Waals surface area contributed by atoms with Crippen LogP contribution in [0, 0.1) is 5.92 Å². The van der Waals surface area contributed by atoms with Gasteiger partial charge in [-0.15, -0.1) is 0 Å². The van der Waals surface area contributed by atoms with Crippen LogP contribution in [0.1, 0.15) is 20.3 Å². The number of hydrogen-bond donors (Lipinski definition) is 3. The van der Waals surface area contributed by atoms with Crippen molar-refractivity contribution in [2.24, 2.45) is 5.92 Å². The zero-order valence-electron chi connectivity index (χ0n) is 10.4. The third kappa shape index (κ3) is 2.21. The molecule has 0 spiro atoms. The molecule has 0 bridgehead atoms. The summed E-state index contributed by atoms with van der Waals surface area (Å²) in [6, 6.07) is -0.516. The summed E-state index contributed by atoms with van der Waals surface area (Å²) in [5, 5.41) is 21.4. The number of carbonyl (C=O) groups is 2. The summed E-state index contributed by atoms with van der Waals surface area (Å²) in [4.78, 5) is 24.4. The molecule has 7 heteroatoms. The normalized spacial score (nSPS) is 41.1. The number of rotatable bonds is 2. The molecule has 18 heavy (non-hydrogen) atoms. The summed E-state index contributed by atoms with van der Waals surface area (Å²) < 4.78 is 5.47. The van der Waals surface area contributed by atoms with Gasteiger partial charge in [0.15, 0.2) is 0 Å². The first-order chi connectivity index (χ1) is 8.35. The second-order valence-electron chi connectivity index (χ2n) is 5.17. The second kappa shape index (κ2) is 4.49. The summed E-state index contributed by atoms with van der Waals surface area (Å²) in [5.41, 5.74) is -1.18. The van der Waals surface area contributed by atoms with Gasteiger partial charge in [-0.2, -0.15) is 0 Å². The number of amides is 3. The van der Waals surface area contributed by atoms with Crippen LogP contribution in [0.3, 0.4) is 0 Å². The van der Waals surface area contributed by atoms with E-state index in [1.165, 1.54) is 4.90 Å². The number of aliphatic hydroxyl groups is 2. The molecular weight excluding hydrogens is 240 g/mol. The van der Waals surface area contributed by atoms with Crippen LogP contribution >= 0.6 is 0 Å². The first-order valence-corrected chi connectivity index (χ1v) is 5.95. The van der Waals surface area contributed by atoms with Crippen molar-refractivity contribution in [1.82, 2.24) is 10.2 Å².